The van der Waals surface area contributed by atoms with Gasteiger partial charge in [0.05, 0.1) is 0 Å². The van der Waals surface area contributed by atoms with Crippen molar-refractivity contribution in [2.75, 3.05) is 6.54 Å². The van der Waals surface area contributed by atoms with Gasteiger partial charge in [-0.05, 0) is 36.5 Å². The first-order valence-electron chi connectivity index (χ1n) is 12.3. The maximum atomic E-state index is 13.6. The molecule has 0 aliphatic carbocycles. The lowest BCUT2D eigenvalue weighted by atomic mass is 10.0. The molecule has 3 rings (SSSR count). The Hall–Kier alpha value is -3.40. The fourth-order valence-electron chi connectivity index (χ4n) is 3.99. The molecular formula is C30H36N2O2. The molecule has 0 aliphatic heterocycles. The molecular weight excluding hydrogens is 420 g/mol. The number of hydrogen-bond acceptors (Lipinski definition) is 2. The minimum absolute atomic E-state index is 0.00370. The summed E-state index contributed by atoms with van der Waals surface area (Å²) >= 11 is 0. The largest absolute Gasteiger partial charge is 0.354 e. The Balaban J connectivity index is 1.86. The average Bonchev–Trinajstić information content (AvgIpc) is 2.87. The van der Waals surface area contributed by atoms with Gasteiger partial charge in [-0.25, -0.2) is 0 Å². The van der Waals surface area contributed by atoms with Crippen LogP contribution in [0.3, 0.4) is 0 Å². The SMILES string of the molecule is CCCCNC(=O)[C@H](Cc1ccccc1)N(Cc1ccc(C)cc1)C(=O)CCc1ccccc1. The molecule has 1 N–H and O–H groups in total. The molecule has 0 fully saturated rings. The maximum absolute atomic E-state index is 13.6. The lowest BCUT2D eigenvalue weighted by molar-refractivity contribution is -0.141. The Morgan fingerprint density at radius 3 is 2.06 bits per heavy atom. The second kappa shape index (κ2) is 13.3. The van der Waals surface area contributed by atoms with Crippen LogP contribution >= 0.6 is 0 Å². The third-order valence-electron chi connectivity index (χ3n) is 6.04. The van der Waals surface area contributed by atoms with Crippen LogP contribution in [0.5, 0.6) is 0 Å². The Morgan fingerprint density at radius 1 is 0.824 bits per heavy atom. The number of nitrogens with one attached hydrogen (secondary N) is 1. The van der Waals surface area contributed by atoms with Gasteiger partial charge in [-0.15, -0.1) is 0 Å². The van der Waals surface area contributed by atoms with Gasteiger partial charge in [0.1, 0.15) is 6.04 Å². The number of hydrogen-bond donors (Lipinski definition) is 1. The van der Waals surface area contributed by atoms with Crippen molar-refractivity contribution in [2.24, 2.45) is 0 Å². The van der Waals surface area contributed by atoms with Gasteiger partial charge in [0.15, 0.2) is 0 Å². The minimum atomic E-state index is -0.566. The van der Waals surface area contributed by atoms with Gasteiger partial charge in [0.25, 0.3) is 0 Å². The van der Waals surface area contributed by atoms with Gasteiger partial charge in [-0.2, -0.15) is 0 Å². The summed E-state index contributed by atoms with van der Waals surface area (Å²) in [6.07, 6.45) is 3.43. The van der Waals surface area contributed by atoms with Crippen LogP contribution in [0.2, 0.25) is 0 Å². The molecule has 0 heterocycles. The molecule has 1 atom stereocenters. The summed E-state index contributed by atoms with van der Waals surface area (Å²) in [5.41, 5.74) is 4.36. The topological polar surface area (TPSA) is 49.4 Å². The number of nitrogens with zero attached hydrogens (tertiary/aromatic N) is 1. The predicted molar refractivity (Wildman–Crippen MR) is 138 cm³/mol. The monoisotopic (exact) mass is 456 g/mol. The molecule has 4 nitrogen and oxygen atoms in total. The molecule has 0 unspecified atom stereocenters. The predicted octanol–water partition coefficient (Wildman–Crippen LogP) is 5.48. The van der Waals surface area contributed by atoms with Crippen molar-refractivity contribution < 1.29 is 9.59 Å². The normalized spacial score (nSPS) is 11.6. The van der Waals surface area contributed by atoms with E-state index < -0.39 is 6.04 Å². The highest BCUT2D eigenvalue weighted by atomic mass is 16.2. The van der Waals surface area contributed by atoms with E-state index in [1.54, 1.807) is 4.90 Å². The molecule has 0 aliphatic rings. The van der Waals surface area contributed by atoms with Gasteiger partial charge in [-0.1, -0.05) is 104 Å². The first-order valence-corrected chi connectivity index (χ1v) is 12.3. The molecule has 2 amide bonds. The van der Waals surface area contributed by atoms with Crippen molar-refractivity contribution in [2.45, 2.75) is 58.5 Å². The van der Waals surface area contributed by atoms with E-state index >= 15 is 0 Å². The number of aryl methyl sites for hydroxylation is 2. The lowest BCUT2D eigenvalue weighted by Gasteiger charge is -2.32. The highest BCUT2D eigenvalue weighted by Crippen LogP contribution is 2.17. The van der Waals surface area contributed by atoms with Gasteiger partial charge in [0.2, 0.25) is 11.8 Å². The smallest absolute Gasteiger partial charge is 0.243 e. The Bertz CT molecular complexity index is 1020. The third kappa shape index (κ3) is 7.87. The van der Waals surface area contributed by atoms with Gasteiger partial charge in [-0.3, -0.25) is 9.59 Å². The first kappa shape index (κ1) is 25.2. The van der Waals surface area contributed by atoms with E-state index in [1.807, 2.05) is 79.7 Å². The van der Waals surface area contributed by atoms with Crippen molar-refractivity contribution in [3.63, 3.8) is 0 Å². The van der Waals surface area contributed by atoms with Gasteiger partial charge < -0.3 is 10.2 Å². The Labute approximate surface area is 204 Å². The highest BCUT2D eigenvalue weighted by molar-refractivity contribution is 5.88. The molecule has 4 heteroatoms. The molecule has 3 aromatic rings. The fraction of sp³-hybridized carbons (Fsp3) is 0.333. The summed E-state index contributed by atoms with van der Waals surface area (Å²) < 4.78 is 0. The van der Waals surface area contributed by atoms with Crippen LogP contribution in [0.25, 0.3) is 0 Å². The second-order valence-corrected chi connectivity index (χ2v) is 8.84. The zero-order valence-corrected chi connectivity index (χ0v) is 20.4. The molecule has 34 heavy (non-hydrogen) atoms. The maximum Gasteiger partial charge on any atom is 0.243 e. The van der Waals surface area contributed by atoms with Crippen molar-refractivity contribution in [3.05, 3.63) is 107 Å². The molecule has 0 radical (unpaired) electrons. The number of carbonyl (C=O) groups is 2. The van der Waals surface area contributed by atoms with Crippen molar-refractivity contribution in [3.8, 4) is 0 Å². The van der Waals surface area contributed by atoms with Gasteiger partial charge >= 0.3 is 0 Å². The minimum Gasteiger partial charge on any atom is -0.354 e. The van der Waals surface area contributed by atoms with E-state index in [9.17, 15) is 9.59 Å². The zero-order valence-electron chi connectivity index (χ0n) is 20.4. The summed E-state index contributed by atoms with van der Waals surface area (Å²) in [5, 5.41) is 3.08. The van der Waals surface area contributed by atoms with Crippen LogP contribution < -0.4 is 5.32 Å². The van der Waals surface area contributed by atoms with Crippen LogP contribution in [0.1, 0.15) is 48.4 Å². The number of unbranched alkanes of at least 4 members (excludes halogenated alkanes) is 1. The average molecular weight is 457 g/mol. The van der Waals surface area contributed by atoms with E-state index in [4.69, 9.17) is 0 Å². The second-order valence-electron chi connectivity index (χ2n) is 8.84. The van der Waals surface area contributed by atoms with E-state index in [0.29, 0.717) is 32.4 Å². The molecule has 178 valence electrons. The first-order chi connectivity index (χ1) is 16.6. The van der Waals surface area contributed by atoms with E-state index in [2.05, 4.69) is 24.4 Å². The van der Waals surface area contributed by atoms with E-state index in [1.165, 1.54) is 5.56 Å². The standard InChI is InChI=1S/C30H36N2O2/c1-3-4-21-31-30(34)28(22-26-13-9-6-10-14-26)32(23-27-17-15-24(2)16-18-27)29(33)20-19-25-11-7-5-8-12-25/h5-18,28H,3-4,19-23H2,1-2H3,(H,31,34)/t28-/m0/s1. The van der Waals surface area contributed by atoms with Crippen LogP contribution in [0.15, 0.2) is 84.9 Å². The highest BCUT2D eigenvalue weighted by Gasteiger charge is 2.30. The Morgan fingerprint density at radius 2 is 1.44 bits per heavy atom. The number of rotatable bonds is 12. The summed E-state index contributed by atoms with van der Waals surface area (Å²) in [6, 6.07) is 27.6. The number of carbonyl (C=O) groups excluding carboxylic acids is 2. The summed E-state index contributed by atoms with van der Waals surface area (Å²) in [5.74, 6) is -0.0894. The van der Waals surface area contributed by atoms with Crippen molar-refractivity contribution in [1.29, 1.82) is 0 Å². The third-order valence-corrected chi connectivity index (χ3v) is 6.04. The van der Waals surface area contributed by atoms with E-state index in [0.717, 1.165) is 29.5 Å². The molecule has 0 saturated carbocycles. The van der Waals surface area contributed by atoms with Crippen LogP contribution in [-0.4, -0.2) is 29.3 Å². The van der Waals surface area contributed by atoms with Crippen molar-refractivity contribution >= 4 is 11.8 Å². The zero-order chi connectivity index (χ0) is 24.2. The molecule has 0 spiro atoms. The molecule has 0 saturated heterocycles. The van der Waals surface area contributed by atoms with Crippen LogP contribution in [0, 0.1) is 6.92 Å². The van der Waals surface area contributed by atoms with Gasteiger partial charge in [0, 0.05) is 25.9 Å². The lowest BCUT2D eigenvalue weighted by Crippen LogP contribution is -2.50. The van der Waals surface area contributed by atoms with Crippen molar-refractivity contribution in [1.82, 2.24) is 10.2 Å². The fourth-order valence-corrected chi connectivity index (χ4v) is 3.99. The Kier molecular flexibility index (Phi) is 9.90. The molecule has 3 aromatic carbocycles. The molecule has 0 bridgehead atoms. The quantitative estimate of drug-likeness (QED) is 0.367. The summed E-state index contributed by atoms with van der Waals surface area (Å²) in [4.78, 5) is 28.8. The van der Waals surface area contributed by atoms with Crippen LogP contribution in [-0.2, 0) is 29.0 Å². The molecule has 0 aromatic heterocycles. The number of benzene rings is 3. The van der Waals surface area contributed by atoms with Crippen LogP contribution in [0.4, 0.5) is 0 Å². The van der Waals surface area contributed by atoms with E-state index in [-0.39, 0.29) is 11.8 Å². The summed E-state index contributed by atoms with van der Waals surface area (Å²) in [6.45, 7) is 5.18. The summed E-state index contributed by atoms with van der Waals surface area (Å²) in [7, 11) is 0. The number of amides is 2.